The first-order chi connectivity index (χ1) is 12.6. The van der Waals surface area contributed by atoms with Gasteiger partial charge in [-0.1, -0.05) is 19.3 Å². The quantitative estimate of drug-likeness (QED) is 0.778. The van der Waals surface area contributed by atoms with Crippen molar-refractivity contribution < 1.29 is 9.53 Å². The maximum absolute atomic E-state index is 12.4. The predicted molar refractivity (Wildman–Crippen MR) is 105 cm³/mol. The van der Waals surface area contributed by atoms with Gasteiger partial charge in [0, 0.05) is 11.7 Å². The summed E-state index contributed by atoms with van der Waals surface area (Å²) < 4.78 is 5.60. The largest absolute Gasteiger partial charge is 0.491 e. The highest BCUT2D eigenvalue weighted by Gasteiger charge is 2.14. The number of nitrogens with one attached hydrogen (secondary N) is 2. The van der Waals surface area contributed by atoms with E-state index in [0.717, 1.165) is 17.1 Å². The molecular weight excluding hydrogens is 326 g/mol. The smallest absolute Gasteiger partial charge is 0.274 e. The molecule has 0 bridgehead atoms. The number of anilines is 2. The van der Waals surface area contributed by atoms with Crippen molar-refractivity contribution in [1.82, 2.24) is 4.98 Å². The topological polar surface area (TPSA) is 63.2 Å². The number of benzene rings is 1. The van der Waals surface area contributed by atoms with Gasteiger partial charge in [-0.15, -0.1) is 0 Å². The fourth-order valence-corrected chi connectivity index (χ4v) is 3.18. The molecule has 0 saturated heterocycles. The second-order valence-electron chi connectivity index (χ2n) is 7.06. The Kier molecular flexibility index (Phi) is 6.10. The lowest BCUT2D eigenvalue weighted by atomic mass is 9.95. The van der Waals surface area contributed by atoms with Gasteiger partial charge in [-0.3, -0.25) is 4.79 Å². The molecule has 1 heterocycles. The van der Waals surface area contributed by atoms with E-state index in [0.29, 0.717) is 11.7 Å². The number of nitrogens with zero attached hydrogens (tertiary/aromatic N) is 1. The minimum Gasteiger partial charge on any atom is -0.491 e. The van der Waals surface area contributed by atoms with Crippen LogP contribution in [-0.2, 0) is 0 Å². The van der Waals surface area contributed by atoms with Crippen LogP contribution in [0.5, 0.6) is 5.75 Å². The lowest BCUT2D eigenvalue weighted by molar-refractivity contribution is 0.102. The summed E-state index contributed by atoms with van der Waals surface area (Å²) in [6, 6.07) is 11.6. The second-order valence-corrected chi connectivity index (χ2v) is 7.06. The fourth-order valence-electron chi connectivity index (χ4n) is 3.18. The minimum absolute atomic E-state index is 0.125. The molecular formula is C21H27N3O2. The Labute approximate surface area is 155 Å². The number of pyridine rings is 1. The van der Waals surface area contributed by atoms with Gasteiger partial charge in [0.2, 0.25) is 0 Å². The van der Waals surface area contributed by atoms with Gasteiger partial charge in [0.1, 0.15) is 11.4 Å². The van der Waals surface area contributed by atoms with Crippen molar-refractivity contribution in [3.8, 4) is 5.75 Å². The van der Waals surface area contributed by atoms with E-state index >= 15 is 0 Å². The van der Waals surface area contributed by atoms with Crippen molar-refractivity contribution >= 4 is 17.3 Å². The highest BCUT2D eigenvalue weighted by molar-refractivity contribution is 6.02. The molecule has 0 atom stereocenters. The molecule has 1 fully saturated rings. The molecule has 138 valence electrons. The van der Waals surface area contributed by atoms with E-state index in [9.17, 15) is 4.79 Å². The van der Waals surface area contributed by atoms with Crippen LogP contribution < -0.4 is 15.4 Å². The zero-order valence-electron chi connectivity index (χ0n) is 15.5. The molecule has 2 N–H and O–H groups in total. The van der Waals surface area contributed by atoms with E-state index in [1.807, 2.05) is 44.2 Å². The van der Waals surface area contributed by atoms with Gasteiger partial charge in [0.25, 0.3) is 5.91 Å². The molecule has 1 aliphatic rings. The first-order valence-electron chi connectivity index (χ1n) is 9.41. The van der Waals surface area contributed by atoms with Crippen LogP contribution in [0.25, 0.3) is 0 Å². The Morgan fingerprint density at radius 1 is 1.04 bits per heavy atom. The Morgan fingerprint density at radius 3 is 2.35 bits per heavy atom. The van der Waals surface area contributed by atoms with E-state index in [-0.39, 0.29) is 12.0 Å². The number of amides is 1. The van der Waals surface area contributed by atoms with Gasteiger partial charge in [0.05, 0.1) is 18.0 Å². The summed E-state index contributed by atoms with van der Waals surface area (Å²) in [5, 5.41) is 6.37. The first kappa shape index (κ1) is 18.2. The third kappa shape index (κ3) is 5.22. The molecule has 1 amide bonds. The number of carbonyl (C=O) groups is 1. The summed E-state index contributed by atoms with van der Waals surface area (Å²) in [7, 11) is 0. The van der Waals surface area contributed by atoms with Gasteiger partial charge < -0.3 is 15.4 Å². The molecule has 2 aromatic rings. The number of hydrogen-bond acceptors (Lipinski definition) is 4. The highest BCUT2D eigenvalue weighted by atomic mass is 16.5. The molecule has 5 heteroatoms. The average Bonchev–Trinajstić information content (AvgIpc) is 2.64. The lowest BCUT2D eigenvalue weighted by Gasteiger charge is -2.23. The molecule has 0 aliphatic heterocycles. The van der Waals surface area contributed by atoms with Gasteiger partial charge in [-0.25, -0.2) is 4.98 Å². The van der Waals surface area contributed by atoms with Gasteiger partial charge >= 0.3 is 0 Å². The maximum atomic E-state index is 12.4. The molecule has 5 nitrogen and oxygen atoms in total. The molecule has 26 heavy (non-hydrogen) atoms. The van der Waals surface area contributed by atoms with Crippen LogP contribution in [0.4, 0.5) is 11.4 Å². The summed E-state index contributed by atoms with van der Waals surface area (Å²) in [4.78, 5) is 16.7. The number of rotatable bonds is 6. The Hall–Kier alpha value is -2.56. The maximum Gasteiger partial charge on any atom is 0.274 e. The number of carbonyl (C=O) groups excluding carboxylic acids is 1. The highest BCUT2D eigenvalue weighted by Crippen LogP contribution is 2.21. The van der Waals surface area contributed by atoms with Crippen molar-refractivity contribution in [3.63, 3.8) is 0 Å². The van der Waals surface area contributed by atoms with Crippen LogP contribution >= 0.6 is 0 Å². The predicted octanol–water partition coefficient (Wildman–Crippen LogP) is 4.87. The van der Waals surface area contributed by atoms with Crippen LogP contribution in [0, 0.1) is 0 Å². The molecule has 1 aromatic heterocycles. The number of ether oxygens (including phenoxy) is 1. The van der Waals surface area contributed by atoms with Crippen molar-refractivity contribution in [2.75, 3.05) is 10.6 Å². The van der Waals surface area contributed by atoms with Crippen molar-refractivity contribution in [3.05, 3.63) is 48.3 Å². The summed E-state index contributed by atoms with van der Waals surface area (Å²) >= 11 is 0. The molecule has 1 saturated carbocycles. The number of hydrogen-bond donors (Lipinski definition) is 2. The van der Waals surface area contributed by atoms with Crippen LogP contribution in [0.1, 0.15) is 56.4 Å². The Bertz CT molecular complexity index is 705. The molecule has 0 spiro atoms. The second kappa shape index (κ2) is 8.70. The third-order valence-electron chi connectivity index (χ3n) is 4.46. The zero-order chi connectivity index (χ0) is 18.4. The van der Waals surface area contributed by atoms with Gasteiger partial charge in [-0.2, -0.15) is 0 Å². The van der Waals surface area contributed by atoms with Crippen molar-refractivity contribution in [1.29, 1.82) is 0 Å². The molecule has 1 aliphatic carbocycles. The normalized spacial score (nSPS) is 14.9. The standard InChI is InChI=1S/C21H27N3O2/c1-15(2)26-19-11-8-17(9-12-19)24-21(25)20-13-10-18(14-22-20)23-16-6-4-3-5-7-16/h8-16,23H,3-7H2,1-2H3,(H,24,25). The summed E-state index contributed by atoms with van der Waals surface area (Å²) in [5.41, 5.74) is 2.10. The van der Waals surface area contributed by atoms with Crippen LogP contribution in [0.3, 0.4) is 0 Å². The van der Waals surface area contributed by atoms with Crippen LogP contribution in [-0.4, -0.2) is 23.0 Å². The Morgan fingerprint density at radius 2 is 1.73 bits per heavy atom. The lowest BCUT2D eigenvalue weighted by Crippen LogP contribution is -2.22. The van der Waals surface area contributed by atoms with E-state index < -0.39 is 0 Å². The summed E-state index contributed by atoms with van der Waals surface area (Å²) in [6.07, 6.45) is 8.18. The first-order valence-corrected chi connectivity index (χ1v) is 9.41. The van der Waals surface area contributed by atoms with Gasteiger partial charge in [0.15, 0.2) is 0 Å². The fraction of sp³-hybridized carbons (Fsp3) is 0.429. The molecule has 0 unspecified atom stereocenters. The third-order valence-corrected chi connectivity index (χ3v) is 4.46. The Balaban J connectivity index is 1.55. The van der Waals surface area contributed by atoms with Gasteiger partial charge in [-0.05, 0) is 63.1 Å². The van der Waals surface area contributed by atoms with Crippen molar-refractivity contribution in [2.24, 2.45) is 0 Å². The van der Waals surface area contributed by atoms with Crippen LogP contribution in [0.2, 0.25) is 0 Å². The molecule has 0 radical (unpaired) electrons. The van der Waals surface area contributed by atoms with E-state index in [1.54, 1.807) is 12.3 Å². The summed E-state index contributed by atoms with van der Waals surface area (Å²) in [5.74, 6) is 0.570. The van der Waals surface area contributed by atoms with E-state index in [2.05, 4.69) is 15.6 Å². The zero-order valence-corrected chi connectivity index (χ0v) is 15.5. The van der Waals surface area contributed by atoms with Crippen LogP contribution in [0.15, 0.2) is 42.6 Å². The van der Waals surface area contributed by atoms with E-state index in [4.69, 9.17) is 4.74 Å². The minimum atomic E-state index is -0.216. The van der Waals surface area contributed by atoms with E-state index in [1.165, 1.54) is 32.1 Å². The van der Waals surface area contributed by atoms with Crippen molar-refractivity contribution in [2.45, 2.75) is 58.1 Å². The number of aromatic nitrogens is 1. The SMILES string of the molecule is CC(C)Oc1ccc(NC(=O)c2ccc(NC3CCCCC3)cn2)cc1. The summed E-state index contributed by atoms with van der Waals surface area (Å²) in [6.45, 7) is 3.96. The molecule has 3 rings (SSSR count). The molecule has 1 aromatic carbocycles. The monoisotopic (exact) mass is 353 g/mol. The average molecular weight is 353 g/mol.